The molecule has 0 fully saturated rings. The highest BCUT2D eigenvalue weighted by molar-refractivity contribution is 5.86. The van der Waals surface area contributed by atoms with E-state index >= 15 is 0 Å². The molecule has 198 valence electrons. The number of alkyl halides is 3. The number of benzene rings is 2. The van der Waals surface area contributed by atoms with E-state index in [4.69, 9.17) is 9.84 Å². The Morgan fingerprint density at radius 2 is 1.76 bits per heavy atom. The maximum atomic E-state index is 12.6. The molecule has 2 aromatic carbocycles. The summed E-state index contributed by atoms with van der Waals surface area (Å²) >= 11 is 0. The lowest BCUT2D eigenvalue weighted by atomic mass is 10.0. The molecule has 2 heterocycles. The number of halogens is 3. The monoisotopic (exact) mass is 524 g/mol. The van der Waals surface area contributed by atoms with Crippen LogP contribution in [0.1, 0.15) is 29.7 Å². The van der Waals surface area contributed by atoms with Gasteiger partial charge in [-0.15, -0.1) is 0 Å². The van der Waals surface area contributed by atoms with Crippen molar-refractivity contribution < 1.29 is 27.8 Å². The molecule has 0 atom stereocenters. The minimum Gasteiger partial charge on any atom is -0.438 e. The second-order valence-electron chi connectivity index (χ2n) is 8.89. The fourth-order valence-corrected chi connectivity index (χ4v) is 3.90. The normalized spacial score (nSPS) is 11.5. The van der Waals surface area contributed by atoms with E-state index in [1.54, 1.807) is 24.3 Å². The number of aromatic nitrogens is 3. The second kappa shape index (κ2) is 12.0. The van der Waals surface area contributed by atoms with Crippen molar-refractivity contribution in [1.82, 2.24) is 15.0 Å². The average molecular weight is 525 g/mol. The summed E-state index contributed by atoms with van der Waals surface area (Å²) in [6.07, 6.45) is -0.474. The van der Waals surface area contributed by atoms with Gasteiger partial charge < -0.3 is 14.7 Å². The van der Waals surface area contributed by atoms with Crippen LogP contribution in [0.25, 0.3) is 10.9 Å². The smallest absolute Gasteiger partial charge is 0.433 e. The zero-order valence-electron chi connectivity index (χ0n) is 20.8. The maximum Gasteiger partial charge on any atom is 0.433 e. The van der Waals surface area contributed by atoms with Crippen molar-refractivity contribution in [1.29, 1.82) is 0 Å². The van der Waals surface area contributed by atoms with Crippen molar-refractivity contribution in [3.8, 4) is 11.6 Å². The van der Waals surface area contributed by atoms with Crippen LogP contribution in [-0.2, 0) is 23.8 Å². The van der Waals surface area contributed by atoms with Crippen LogP contribution in [0.4, 0.5) is 18.9 Å². The van der Waals surface area contributed by atoms with E-state index in [9.17, 15) is 18.0 Å². The van der Waals surface area contributed by atoms with Crippen molar-refractivity contribution >= 4 is 22.4 Å². The van der Waals surface area contributed by atoms with Crippen molar-refractivity contribution in [2.45, 2.75) is 31.9 Å². The number of nitrogens with zero attached hydrogens (tertiary/aromatic N) is 4. The molecular weight excluding hydrogens is 497 g/mol. The largest absolute Gasteiger partial charge is 0.438 e. The Hall–Kier alpha value is -4.05. The number of hydrogen-bond acceptors (Lipinski definition) is 7. The molecule has 0 saturated heterocycles. The summed E-state index contributed by atoms with van der Waals surface area (Å²) in [5, 5.41) is 9.81. The zero-order chi connectivity index (χ0) is 27.1. The molecule has 0 saturated carbocycles. The molecule has 7 nitrogen and oxygen atoms in total. The summed E-state index contributed by atoms with van der Waals surface area (Å²) in [7, 11) is 1.95. The van der Waals surface area contributed by atoms with Gasteiger partial charge in [0.15, 0.2) is 0 Å². The number of rotatable bonds is 11. The van der Waals surface area contributed by atoms with Crippen LogP contribution < -0.4 is 9.64 Å². The summed E-state index contributed by atoms with van der Waals surface area (Å²) in [5.74, 6) is 0.940. The third-order valence-corrected chi connectivity index (χ3v) is 6.02. The van der Waals surface area contributed by atoms with Crippen LogP contribution in [0.5, 0.6) is 11.6 Å². The van der Waals surface area contributed by atoms with E-state index in [1.165, 1.54) is 12.4 Å². The first-order valence-corrected chi connectivity index (χ1v) is 12.1. The van der Waals surface area contributed by atoms with Gasteiger partial charge in [0.05, 0.1) is 10.9 Å². The van der Waals surface area contributed by atoms with Gasteiger partial charge in [-0.05, 0) is 60.4 Å². The third kappa shape index (κ3) is 7.04. The summed E-state index contributed by atoms with van der Waals surface area (Å²) in [5.41, 5.74) is 2.14. The minimum atomic E-state index is -4.48. The third-order valence-electron chi connectivity index (χ3n) is 6.02. The fourth-order valence-electron chi connectivity index (χ4n) is 3.90. The number of ketones is 1. The molecule has 2 aromatic heterocycles. The Balaban J connectivity index is 1.34. The highest BCUT2D eigenvalue weighted by atomic mass is 19.4. The van der Waals surface area contributed by atoms with E-state index in [-0.39, 0.29) is 25.2 Å². The molecule has 0 radical (unpaired) electrons. The van der Waals surface area contributed by atoms with Gasteiger partial charge >= 0.3 is 6.18 Å². The Bertz CT molecular complexity index is 1380. The van der Waals surface area contributed by atoms with Gasteiger partial charge in [0.25, 0.3) is 0 Å². The first-order chi connectivity index (χ1) is 18.2. The predicted molar refractivity (Wildman–Crippen MR) is 137 cm³/mol. The van der Waals surface area contributed by atoms with Gasteiger partial charge in [0, 0.05) is 44.9 Å². The van der Waals surface area contributed by atoms with E-state index in [1.807, 2.05) is 30.1 Å². The molecule has 0 unspecified atom stereocenters. The second-order valence-corrected chi connectivity index (χ2v) is 8.89. The number of aliphatic hydroxyl groups excluding tert-OH is 1. The highest BCUT2D eigenvalue weighted by Gasteiger charge is 2.32. The van der Waals surface area contributed by atoms with Crippen molar-refractivity contribution in [2.75, 3.05) is 25.1 Å². The molecule has 0 aliphatic rings. The van der Waals surface area contributed by atoms with Gasteiger partial charge in [-0.1, -0.05) is 18.2 Å². The Labute approximate surface area is 217 Å². The number of ether oxygens (including phenoxy) is 1. The fraction of sp³-hybridized carbons (Fsp3) is 0.286. The number of fused-ring (bicyclic) bond motifs is 1. The van der Waals surface area contributed by atoms with Crippen LogP contribution >= 0.6 is 0 Å². The summed E-state index contributed by atoms with van der Waals surface area (Å²) in [6, 6.07) is 15.2. The van der Waals surface area contributed by atoms with Gasteiger partial charge in [-0.2, -0.15) is 13.2 Å². The molecule has 38 heavy (non-hydrogen) atoms. The zero-order valence-corrected chi connectivity index (χ0v) is 20.8. The molecule has 4 rings (SSSR count). The van der Waals surface area contributed by atoms with Crippen LogP contribution in [0.2, 0.25) is 0 Å². The lowest BCUT2D eigenvalue weighted by Crippen LogP contribution is -2.19. The highest BCUT2D eigenvalue weighted by Crippen LogP contribution is 2.30. The molecule has 1 N–H and O–H groups in total. The van der Waals surface area contributed by atoms with Crippen molar-refractivity contribution in [3.63, 3.8) is 0 Å². The molecule has 0 aliphatic heterocycles. The molecule has 0 spiro atoms. The maximum absolute atomic E-state index is 12.6. The quantitative estimate of drug-likeness (QED) is 0.281. The summed E-state index contributed by atoms with van der Waals surface area (Å²) in [4.78, 5) is 26.5. The number of hydrogen-bond donors (Lipinski definition) is 1. The van der Waals surface area contributed by atoms with E-state index in [2.05, 4.69) is 15.0 Å². The first-order valence-electron chi connectivity index (χ1n) is 12.1. The minimum absolute atomic E-state index is 0.0277. The van der Waals surface area contributed by atoms with Gasteiger partial charge in [-0.25, -0.2) is 9.97 Å². The topological polar surface area (TPSA) is 88.4 Å². The predicted octanol–water partition coefficient (Wildman–Crippen LogP) is 5.40. The van der Waals surface area contributed by atoms with Gasteiger partial charge in [0.2, 0.25) is 5.88 Å². The summed E-state index contributed by atoms with van der Waals surface area (Å²) < 4.78 is 43.9. The Kier molecular flexibility index (Phi) is 8.52. The Morgan fingerprint density at radius 3 is 2.45 bits per heavy atom. The van der Waals surface area contributed by atoms with Crippen LogP contribution in [0.3, 0.4) is 0 Å². The lowest BCUT2D eigenvalue weighted by molar-refractivity contribution is -0.141. The van der Waals surface area contributed by atoms with E-state index in [0.29, 0.717) is 30.0 Å². The van der Waals surface area contributed by atoms with Crippen LogP contribution in [0, 0.1) is 0 Å². The number of carbonyl (C=O) groups is 1. The summed E-state index contributed by atoms with van der Waals surface area (Å²) in [6.45, 7) is 0.850. The standard InChI is InChI=1S/C28H27F3N4O3/c1-35(13-2-14-36)21-7-11-24-25(16-21)33-18-34-27(24)38-23-9-4-19(5-10-23)15-22(37)8-3-20-6-12-26(32-17-20)28(29,30)31/h4-7,9-12,16-18,36H,2-3,8,13-15H2,1H3. The van der Waals surface area contributed by atoms with Gasteiger partial charge in [-0.3, -0.25) is 9.78 Å². The molecule has 10 heteroatoms. The number of carbonyl (C=O) groups excluding carboxylic acids is 1. The van der Waals surface area contributed by atoms with E-state index in [0.717, 1.165) is 41.0 Å². The molecule has 0 bridgehead atoms. The molecule has 4 aromatic rings. The average Bonchev–Trinajstić information content (AvgIpc) is 2.91. The SMILES string of the molecule is CN(CCCO)c1ccc2c(Oc3ccc(CC(=O)CCc4ccc(C(F)(F)F)nc4)cc3)ncnc2c1. The van der Waals surface area contributed by atoms with Crippen molar-refractivity contribution in [2.24, 2.45) is 0 Å². The number of anilines is 1. The first kappa shape index (κ1) is 27.0. The number of aliphatic hydroxyl groups is 1. The lowest BCUT2D eigenvalue weighted by Gasteiger charge is -2.19. The number of aryl methyl sites for hydroxylation is 1. The molecule has 0 amide bonds. The van der Waals surface area contributed by atoms with E-state index < -0.39 is 11.9 Å². The molecular formula is C28H27F3N4O3. The van der Waals surface area contributed by atoms with Crippen LogP contribution in [0.15, 0.2) is 67.1 Å². The number of pyridine rings is 1. The number of Topliss-reactive ketones (excluding diaryl/α,β-unsaturated/α-hetero) is 1. The van der Waals surface area contributed by atoms with Crippen molar-refractivity contribution in [3.05, 3.63) is 83.9 Å². The van der Waals surface area contributed by atoms with Gasteiger partial charge in [0.1, 0.15) is 23.6 Å². The Morgan fingerprint density at radius 1 is 1.00 bits per heavy atom. The molecule has 0 aliphatic carbocycles. The van der Waals surface area contributed by atoms with Crippen LogP contribution in [-0.4, -0.2) is 46.0 Å².